The van der Waals surface area contributed by atoms with Crippen molar-refractivity contribution in [1.29, 1.82) is 0 Å². The minimum absolute atomic E-state index is 0.519. The summed E-state index contributed by atoms with van der Waals surface area (Å²) in [6, 6.07) is 9.41. The minimum atomic E-state index is 0.519. The Balaban J connectivity index is 1.64. The highest BCUT2D eigenvalue weighted by Gasteiger charge is 2.23. The zero-order valence-corrected chi connectivity index (χ0v) is 12.1. The molecule has 0 amide bonds. The molecule has 0 aliphatic heterocycles. The molecule has 2 unspecified atom stereocenters. The van der Waals surface area contributed by atoms with E-state index in [1.54, 1.807) is 11.3 Å². The van der Waals surface area contributed by atoms with Crippen molar-refractivity contribution in [2.45, 2.75) is 38.1 Å². The van der Waals surface area contributed by atoms with Crippen LogP contribution in [0.25, 0.3) is 0 Å². The average Bonchev–Trinajstić information content (AvgIpc) is 2.95. The molecule has 19 heavy (non-hydrogen) atoms. The molecule has 3 heteroatoms. The number of hydrogen-bond donors (Lipinski definition) is 1. The van der Waals surface area contributed by atoms with Gasteiger partial charge in [0.05, 0.1) is 11.2 Å². The molecule has 0 radical (unpaired) electrons. The predicted molar refractivity (Wildman–Crippen MR) is 80.7 cm³/mol. The first-order valence-corrected chi connectivity index (χ1v) is 7.98. The zero-order valence-electron chi connectivity index (χ0n) is 11.3. The molecule has 0 fully saturated rings. The Labute approximate surface area is 118 Å². The summed E-state index contributed by atoms with van der Waals surface area (Å²) in [6.45, 7) is 3.35. The first-order chi connectivity index (χ1) is 9.34. The number of hydrogen-bond acceptors (Lipinski definition) is 3. The second-order valence-electron chi connectivity index (χ2n) is 5.34. The Morgan fingerprint density at radius 1 is 1.26 bits per heavy atom. The Bertz CT molecular complexity index is 521. The lowest BCUT2D eigenvalue weighted by Gasteiger charge is -2.30. The van der Waals surface area contributed by atoms with Gasteiger partial charge in [-0.1, -0.05) is 31.2 Å². The number of fused-ring (bicyclic) bond motifs is 1. The van der Waals surface area contributed by atoms with Gasteiger partial charge in [-0.05, 0) is 29.9 Å². The van der Waals surface area contributed by atoms with Crippen molar-refractivity contribution in [2.75, 3.05) is 6.54 Å². The van der Waals surface area contributed by atoms with Gasteiger partial charge in [0.1, 0.15) is 0 Å². The highest BCUT2D eigenvalue weighted by Crippen LogP contribution is 2.36. The largest absolute Gasteiger partial charge is 0.310 e. The number of nitrogens with one attached hydrogen (secondary N) is 1. The van der Waals surface area contributed by atoms with Gasteiger partial charge < -0.3 is 5.32 Å². The molecule has 2 aromatic rings. The maximum Gasteiger partial charge on any atom is 0.0794 e. The zero-order chi connectivity index (χ0) is 13.1. The number of nitrogens with zero attached hydrogens (tertiary/aromatic N) is 1. The molecule has 0 saturated carbocycles. The van der Waals surface area contributed by atoms with Gasteiger partial charge in [0.15, 0.2) is 0 Å². The molecule has 2 atom stereocenters. The molecule has 1 heterocycles. The number of thiazole rings is 1. The fourth-order valence-electron chi connectivity index (χ4n) is 2.95. The summed E-state index contributed by atoms with van der Waals surface area (Å²) in [4.78, 5) is 4.33. The van der Waals surface area contributed by atoms with Crippen LogP contribution in [0.3, 0.4) is 0 Å². The van der Waals surface area contributed by atoms with Crippen LogP contribution in [0.5, 0.6) is 0 Å². The van der Waals surface area contributed by atoms with Gasteiger partial charge in [-0.25, -0.2) is 4.98 Å². The molecule has 100 valence electrons. The van der Waals surface area contributed by atoms with E-state index in [0.717, 1.165) is 13.0 Å². The van der Waals surface area contributed by atoms with Crippen LogP contribution in [0.15, 0.2) is 35.2 Å². The first-order valence-electron chi connectivity index (χ1n) is 7.04. The molecule has 1 aliphatic rings. The van der Waals surface area contributed by atoms with Crippen molar-refractivity contribution in [3.8, 4) is 0 Å². The lowest BCUT2D eigenvalue weighted by molar-refractivity contribution is 0.434. The summed E-state index contributed by atoms with van der Waals surface area (Å²) >= 11 is 1.68. The molecule has 1 N–H and O–H groups in total. The van der Waals surface area contributed by atoms with Crippen LogP contribution >= 0.6 is 11.3 Å². The van der Waals surface area contributed by atoms with Gasteiger partial charge in [0.2, 0.25) is 0 Å². The Kier molecular flexibility index (Phi) is 3.95. The number of aromatic nitrogens is 1. The Morgan fingerprint density at radius 3 is 2.89 bits per heavy atom. The van der Waals surface area contributed by atoms with Crippen LogP contribution in [-0.4, -0.2) is 11.5 Å². The van der Waals surface area contributed by atoms with Crippen LogP contribution in [0.2, 0.25) is 0 Å². The van der Waals surface area contributed by atoms with E-state index in [1.165, 1.54) is 29.7 Å². The molecule has 0 spiro atoms. The van der Waals surface area contributed by atoms with Gasteiger partial charge in [0.25, 0.3) is 0 Å². The van der Waals surface area contributed by atoms with Crippen molar-refractivity contribution in [3.05, 3.63) is 52.0 Å². The van der Waals surface area contributed by atoms with Crippen molar-refractivity contribution in [3.63, 3.8) is 0 Å². The maximum atomic E-state index is 4.33. The average molecular weight is 272 g/mol. The second kappa shape index (κ2) is 5.85. The highest BCUT2D eigenvalue weighted by molar-refractivity contribution is 7.07. The molecule has 2 nitrogen and oxygen atoms in total. The summed E-state index contributed by atoms with van der Waals surface area (Å²) in [7, 11) is 0. The van der Waals surface area contributed by atoms with E-state index < -0.39 is 0 Å². The number of benzene rings is 1. The first kappa shape index (κ1) is 12.8. The lowest BCUT2D eigenvalue weighted by Crippen LogP contribution is -2.28. The predicted octanol–water partition coefficient (Wildman–Crippen LogP) is 3.91. The van der Waals surface area contributed by atoms with E-state index in [2.05, 4.69) is 46.9 Å². The molecule has 1 aromatic carbocycles. The molecule has 1 aromatic heterocycles. The van der Waals surface area contributed by atoms with Crippen molar-refractivity contribution in [1.82, 2.24) is 10.3 Å². The van der Waals surface area contributed by atoms with Crippen LogP contribution in [0, 0.1) is 0 Å². The van der Waals surface area contributed by atoms with E-state index in [-0.39, 0.29) is 0 Å². The van der Waals surface area contributed by atoms with Crippen molar-refractivity contribution in [2.24, 2.45) is 0 Å². The topological polar surface area (TPSA) is 24.9 Å². The van der Waals surface area contributed by atoms with Gasteiger partial charge in [-0.2, -0.15) is 0 Å². The monoisotopic (exact) mass is 272 g/mol. The van der Waals surface area contributed by atoms with Gasteiger partial charge in [0, 0.05) is 24.4 Å². The SMILES string of the molecule is CC1CCC(NCCc2cscn2)c2ccccc21. The van der Waals surface area contributed by atoms with E-state index in [4.69, 9.17) is 0 Å². The normalized spacial score (nSPS) is 22.2. The Hall–Kier alpha value is -1.19. The van der Waals surface area contributed by atoms with E-state index >= 15 is 0 Å². The third-order valence-electron chi connectivity index (χ3n) is 4.05. The summed E-state index contributed by atoms with van der Waals surface area (Å²) in [5.74, 6) is 0.702. The Morgan fingerprint density at radius 2 is 2.11 bits per heavy atom. The molecule has 1 aliphatic carbocycles. The molecular weight excluding hydrogens is 252 g/mol. The molecule has 0 saturated heterocycles. The van der Waals surface area contributed by atoms with Crippen molar-refractivity contribution >= 4 is 11.3 Å². The lowest BCUT2D eigenvalue weighted by atomic mass is 9.81. The fraction of sp³-hybridized carbons (Fsp3) is 0.438. The molecule has 0 bridgehead atoms. The standard InChI is InChI=1S/C16H20N2S/c1-12-6-7-16(15-5-3-2-4-14(12)15)17-9-8-13-10-19-11-18-13/h2-5,10-12,16-17H,6-9H2,1H3. The summed E-state index contributed by atoms with van der Waals surface area (Å²) in [6.07, 6.45) is 3.55. The third-order valence-corrected chi connectivity index (χ3v) is 4.68. The van der Waals surface area contributed by atoms with Gasteiger partial charge >= 0.3 is 0 Å². The van der Waals surface area contributed by atoms with Crippen LogP contribution in [0.1, 0.15) is 48.5 Å². The summed E-state index contributed by atoms with van der Waals surface area (Å²) in [5, 5.41) is 5.84. The minimum Gasteiger partial charge on any atom is -0.310 e. The maximum absolute atomic E-state index is 4.33. The van der Waals surface area contributed by atoms with E-state index in [1.807, 2.05) is 5.51 Å². The quantitative estimate of drug-likeness (QED) is 0.912. The summed E-state index contributed by atoms with van der Waals surface area (Å²) < 4.78 is 0. The van der Waals surface area contributed by atoms with Crippen LogP contribution in [-0.2, 0) is 6.42 Å². The fourth-order valence-corrected chi connectivity index (χ4v) is 3.55. The smallest absolute Gasteiger partial charge is 0.0794 e. The van der Waals surface area contributed by atoms with Gasteiger partial charge in [-0.3, -0.25) is 0 Å². The van der Waals surface area contributed by atoms with Crippen LogP contribution in [0.4, 0.5) is 0 Å². The second-order valence-corrected chi connectivity index (χ2v) is 6.06. The molecular formula is C16H20N2S. The highest BCUT2D eigenvalue weighted by atomic mass is 32.1. The third kappa shape index (κ3) is 2.88. The number of rotatable bonds is 4. The van der Waals surface area contributed by atoms with Gasteiger partial charge in [-0.15, -0.1) is 11.3 Å². The van der Waals surface area contributed by atoms with E-state index in [0.29, 0.717) is 12.0 Å². The summed E-state index contributed by atoms with van der Waals surface area (Å²) in [5.41, 5.74) is 6.14. The van der Waals surface area contributed by atoms with Crippen molar-refractivity contribution < 1.29 is 0 Å². The molecule has 3 rings (SSSR count). The van der Waals surface area contributed by atoms with E-state index in [9.17, 15) is 0 Å². The van der Waals surface area contributed by atoms with Crippen LogP contribution < -0.4 is 5.32 Å².